The molecule has 2 amide bonds. The lowest BCUT2D eigenvalue weighted by Gasteiger charge is -2.25. The quantitative estimate of drug-likeness (QED) is 0.917. The van der Waals surface area contributed by atoms with Crippen LogP contribution in [0.4, 0.5) is 0 Å². The fraction of sp³-hybridized carbons (Fsp3) is 0.562. The number of aromatic nitrogens is 1. The maximum absolute atomic E-state index is 12.6. The molecule has 1 unspecified atom stereocenters. The van der Waals surface area contributed by atoms with Gasteiger partial charge in [-0.05, 0) is 30.9 Å². The average Bonchev–Trinajstić information content (AvgIpc) is 2.54. The number of hydrogen-bond donors (Lipinski definition) is 1. The number of carbonyl (C=O) groups is 2. The van der Waals surface area contributed by atoms with Crippen LogP contribution in [0, 0.1) is 12.8 Å². The van der Waals surface area contributed by atoms with E-state index in [-0.39, 0.29) is 11.8 Å². The van der Waals surface area contributed by atoms with Gasteiger partial charge in [0.2, 0.25) is 11.8 Å². The molecule has 1 fully saturated rings. The van der Waals surface area contributed by atoms with Gasteiger partial charge in [0.1, 0.15) is 6.04 Å². The summed E-state index contributed by atoms with van der Waals surface area (Å²) in [6.07, 6.45) is 2.83. The fourth-order valence-electron chi connectivity index (χ4n) is 2.50. The highest BCUT2D eigenvalue weighted by atomic mass is 16.2. The van der Waals surface area contributed by atoms with Crippen molar-refractivity contribution in [3.05, 3.63) is 29.6 Å². The van der Waals surface area contributed by atoms with E-state index in [1.165, 1.54) is 0 Å². The number of pyridine rings is 1. The van der Waals surface area contributed by atoms with E-state index in [0.717, 1.165) is 11.3 Å². The normalized spacial score (nSPS) is 19.6. The molecule has 1 aliphatic heterocycles. The molecule has 0 bridgehead atoms. The summed E-state index contributed by atoms with van der Waals surface area (Å²) in [6, 6.07) is 3.51. The van der Waals surface area contributed by atoms with Crippen molar-refractivity contribution in [1.82, 2.24) is 15.2 Å². The number of nitrogens with one attached hydrogen (secondary N) is 1. The Morgan fingerprint density at radius 2 is 2.14 bits per heavy atom. The second kappa shape index (κ2) is 6.70. The van der Waals surface area contributed by atoms with Crippen molar-refractivity contribution in [2.75, 3.05) is 6.54 Å². The molecule has 1 aliphatic rings. The molecule has 5 heteroatoms. The minimum atomic E-state index is -0.404. The van der Waals surface area contributed by atoms with E-state index in [4.69, 9.17) is 0 Å². The smallest absolute Gasteiger partial charge is 0.245 e. The van der Waals surface area contributed by atoms with Gasteiger partial charge in [-0.2, -0.15) is 0 Å². The zero-order valence-corrected chi connectivity index (χ0v) is 12.9. The molecular formula is C16H23N3O2. The first-order chi connectivity index (χ1) is 9.95. The molecule has 5 nitrogen and oxygen atoms in total. The van der Waals surface area contributed by atoms with Gasteiger partial charge in [-0.3, -0.25) is 14.6 Å². The van der Waals surface area contributed by atoms with Crippen molar-refractivity contribution in [1.29, 1.82) is 0 Å². The number of aryl methyl sites for hydroxylation is 1. The van der Waals surface area contributed by atoms with Crippen molar-refractivity contribution < 1.29 is 9.59 Å². The predicted octanol–water partition coefficient (Wildman–Crippen LogP) is 1.65. The van der Waals surface area contributed by atoms with E-state index in [2.05, 4.69) is 24.1 Å². The molecule has 2 heterocycles. The van der Waals surface area contributed by atoms with Crippen LogP contribution in [-0.2, 0) is 16.1 Å². The largest absolute Gasteiger partial charge is 0.344 e. The minimum Gasteiger partial charge on any atom is -0.344 e. The molecule has 1 aromatic heterocycles. The van der Waals surface area contributed by atoms with Gasteiger partial charge < -0.3 is 10.2 Å². The molecule has 0 saturated carbocycles. The van der Waals surface area contributed by atoms with E-state index in [1.54, 1.807) is 11.1 Å². The summed E-state index contributed by atoms with van der Waals surface area (Å²) < 4.78 is 0. The summed E-state index contributed by atoms with van der Waals surface area (Å²) in [5.41, 5.74) is 1.95. The third-order valence-corrected chi connectivity index (χ3v) is 3.61. The first-order valence-corrected chi connectivity index (χ1v) is 7.45. The standard InChI is InChI=1S/C16H23N3O2/c1-11(2)8-14-16(21)19(7-6-15(20)18-14)10-13-5-4-12(3)17-9-13/h4-5,9,11,14H,6-8,10H2,1-3H3,(H,18,20). The van der Waals surface area contributed by atoms with Gasteiger partial charge in [-0.15, -0.1) is 0 Å². The van der Waals surface area contributed by atoms with Crippen LogP contribution in [0.3, 0.4) is 0 Å². The Balaban J connectivity index is 2.11. The van der Waals surface area contributed by atoms with Crippen molar-refractivity contribution in [2.45, 2.75) is 46.2 Å². The third kappa shape index (κ3) is 4.28. The van der Waals surface area contributed by atoms with E-state index in [0.29, 0.717) is 31.8 Å². The SMILES string of the molecule is Cc1ccc(CN2CCC(=O)NC(CC(C)C)C2=O)cn1. The van der Waals surface area contributed by atoms with Crippen molar-refractivity contribution >= 4 is 11.8 Å². The van der Waals surface area contributed by atoms with E-state index in [1.807, 2.05) is 19.1 Å². The maximum atomic E-state index is 12.6. The minimum absolute atomic E-state index is 0.00938. The lowest BCUT2D eigenvalue weighted by molar-refractivity contribution is -0.134. The summed E-state index contributed by atoms with van der Waals surface area (Å²) >= 11 is 0. The molecule has 1 N–H and O–H groups in total. The van der Waals surface area contributed by atoms with Crippen LogP contribution in [0.1, 0.15) is 37.9 Å². The lowest BCUT2D eigenvalue weighted by Crippen LogP contribution is -2.45. The van der Waals surface area contributed by atoms with Gasteiger partial charge >= 0.3 is 0 Å². The third-order valence-electron chi connectivity index (χ3n) is 3.61. The fourth-order valence-corrected chi connectivity index (χ4v) is 2.50. The molecule has 1 atom stereocenters. The molecule has 0 radical (unpaired) electrons. The van der Waals surface area contributed by atoms with E-state index >= 15 is 0 Å². The van der Waals surface area contributed by atoms with Gasteiger partial charge in [-0.25, -0.2) is 0 Å². The highest BCUT2D eigenvalue weighted by Gasteiger charge is 2.30. The van der Waals surface area contributed by atoms with Crippen molar-refractivity contribution in [3.8, 4) is 0 Å². The molecule has 1 aromatic rings. The van der Waals surface area contributed by atoms with Crippen molar-refractivity contribution in [3.63, 3.8) is 0 Å². The topological polar surface area (TPSA) is 62.3 Å². The van der Waals surface area contributed by atoms with Crippen LogP contribution >= 0.6 is 0 Å². The van der Waals surface area contributed by atoms with Crippen LogP contribution < -0.4 is 5.32 Å². The Bertz CT molecular complexity index is 511. The number of hydrogen-bond acceptors (Lipinski definition) is 3. The molecular weight excluding hydrogens is 266 g/mol. The van der Waals surface area contributed by atoms with Crippen molar-refractivity contribution in [2.24, 2.45) is 5.92 Å². The van der Waals surface area contributed by atoms with E-state index < -0.39 is 6.04 Å². The van der Waals surface area contributed by atoms with Gasteiger partial charge in [0.05, 0.1) is 0 Å². The van der Waals surface area contributed by atoms with Crippen LogP contribution in [0.2, 0.25) is 0 Å². The summed E-state index contributed by atoms with van der Waals surface area (Å²) in [5.74, 6) is 0.328. The second-order valence-electron chi connectivity index (χ2n) is 6.07. The molecule has 0 spiro atoms. The van der Waals surface area contributed by atoms with Gasteiger partial charge in [-0.1, -0.05) is 19.9 Å². The molecule has 1 saturated heterocycles. The van der Waals surface area contributed by atoms with Crippen LogP contribution in [0.15, 0.2) is 18.3 Å². The van der Waals surface area contributed by atoms with Gasteiger partial charge in [0.15, 0.2) is 0 Å². The monoisotopic (exact) mass is 289 g/mol. The van der Waals surface area contributed by atoms with E-state index in [9.17, 15) is 9.59 Å². The Hall–Kier alpha value is -1.91. The molecule has 2 rings (SSSR count). The Labute approximate surface area is 125 Å². The zero-order valence-electron chi connectivity index (χ0n) is 12.9. The predicted molar refractivity (Wildman–Crippen MR) is 80.4 cm³/mol. The lowest BCUT2D eigenvalue weighted by atomic mass is 10.0. The number of rotatable bonds is 4. The Morgan fingerprint density at radius 3 is 2.76 bits per heavy atom. The van der Waals surface area contributed by atoms with Gasteiger partial charge in [0.25, 0.3) is 0 Å². The zero-order chi connectivity index (χ0) is 15.4. The Kier molecular flexibility index (Phi) is 4.94. The molecule has 114 valence electrons. The second-order valence-corrected chi connectivity index (χ2v) is 6.07. The van der Waals surface area contributed by atoms with Gasteiger partial charge in [0, 0.05) is 31.4 Å². The summed E-state index contributed by atoms with van der Waals surface area (Å²) in [4.78, 5) is 30.4. The summed E-state index contributed by atoms with van der Waals surface area (Å²) in [7, 11) is 0. The first kappa shape index (κ1) is 15.5. The van der Waals surface area contributed by atoms with Crippen LogP contribution in [-0.4, -0.2) is 34.3 Å². The maximum Gasteiger partial charge on any atom is 0.245 e. The highest BCUT2D eigenvalue weighted by Crippen LogP contribution is 2.14. The number of carbonyl (C=O) groups excluding carboxylic acids is 2. The first-order valence-electron chi connectivity index (χ1n) is 7.45. The summed E-state index contributed by atoms with van der Waals surface area (Å²) in [6.45, 7) is 7.02. The van der Waals surface area contributed by atoms with Crippen LogP contribution in [0.5, 0.6) is 0 Å². The molecule has 0 aromatic carbocycles. The number of nitrogens with zero attached hydrogens (tertiary/aromatic N) is 2. The average molecular weight is 289 g/mol. The summed E-state index contributed by atoms with van der Waals surface area (Å²) in [5, 5.41) is 2.84. The Morgan fingerprint density at radius 1 is 1.38 bits per heavy atom. The molecule has 0 aliphatic carbocycles. The molecule has 21 heavy (non-hydrogen) atoms. The van der Waals surface area contributed by atoms with Crippen LogP contribution in [0.25, 0.3) is 0 Å². The highest BCUT2D eigenvalue weighted by molar-refractivity contribution is 5.89. The number of amides is 2.